The highest BCUT2D eigenvalue weighted by molar-refractivity contribution is 7.15. The van der Waals surface area contributed by atoms with E-state index in [2.05, 4.69) is 43.0 Å². The van der Waals surface area contributed by atoms with Crippen molar-refractivity contribution < 1.29 is 0 Å². The SMILES string of the molecule is CCCNCc1sc(-c2ccnc(C)n2)nc1C(C)(C)C. The van der Waals surface area contributed by atoms with Gasteiger partial charge in [-0.2, -0.15) is 0 Å². The van der Waals surface area contributed by atoms with Gasteiger partial charge in [0.15, 0.2) is 0 Å². The smallest absolute Gasteiger partial charge is 0.142 e. The Bertz CT molecular complexity index is 599. The third-order valence-corrected chi connectivity index (χ3v) is 4.19. The van der Waals surface area contributed by atoms with E-state index in [1.807, 2.05) is 13.0 Å². The average molecular weight is 304 g/mol. The number of nitrogens with zero attached hydrogens (tertiary/aromatic N) is 3. The molecule has 0 bridgehead atoms. The Balaban J connectivity index is 2.36. The first kappa shape index (κ1) is 16.0. The topological polar surface area (TPSA) is 50.7 Å². The zero-order valence-corrected chi connectivity index (χ0v) is 14.3. The van der Waals surface area contributed by atoms with Crippen LogP contribution >= 0.6 is 11.3 Å². The number of aryl methyl sites for hydroxylation is 1. The monoisotopic (exact) mass is 304 g/mol. The van der Waals surface area contributed by atoms with E-state index >= 15 is 0 Å². The number of thiazole rings is 1. The zero-order chi connectivity index (χ0) is 15.5. The quantitative estimate of drug-likeness (QED) is 0.856. The molecule has 5 heteroatoms. The minimum atomic E-state index is 0.0417. The van der Waals surface area contributed by atoms with Crippen molar-refractivity contribution in [3.05, 3.63) is 28.7 Å². The summed E-state index contributed by atoms with van der Waals surface area (Å²) in [5.74, 6) is 0.783. The second-order valence-corrected chi connectivity index (χ2v) is 7.29. The molecule has 4 nitrogen and oxygen atoms in total. The molecule has 2 aromatic rings. The molecule has 0 aromatic carbocycles. The molecule has 0 unspecified atom stereocenters. The van der Waals surface area contributed by atoms with Crippen molar-refractivity contribution in [3.63, 3.8) is 0 Å². The first-order valence-electron chi connectivity index (χ1n) is 7.42. The van der Waals surface area contributed by atoms with Crippen LogP contribution in [0.25, 0.3) is 10.7 Å². The van der Waals surface area contributed by atoms with Crippen molar-refractivity contribution in [2.45, 2.75) is 53.0 Å². The molecule has 1 N–H and O–H groups in total. The Kier molecular flexibility index (Phi) is 5.06. The first-order chi connectivity index (χ1) is 9.91. The van der Waals surface area contributed by atoms with Crippen LogP contribution in [0.5, 0.6) is 0 Å². The molecule has 0 radical (unpaired) electrons. The Labute approximate surface area is 131 Å². The van der Waals surface area contributed by atoms with Gasteiger partial charge in [0, 0.05) is 23.0 Å². The molecule has 0 saturated heterocycles. The summed E-state index contributed by atoms with van der Waals surface area (Å²) in [6, 6.07) is 1.93. The minimum absolute atomic E-state index is 0.0417. The number of nitrogens with one attached hydrogen (secondary N) is 1. The lowest BCUT2D eigenvalue weighted by Crippen LogP contribution is -2.19. The number of aromatic nitrogens is 3. The van der Waals surface area contributed by atoms with Gasteiger partial charge in [0.2, 0.25) is 0 Å². The van der Waals surface area contributed by atoms with Gasteiger partial charge in [0.05, 0.1) is 5.69 Å². The maximum Gasteiger partial charge on any atom is 0.142 e. The molecule has 2 aromatic heterocycles. The lowest BCUT2D eigenvalue weighted by Gasteiger charge is -2.17. The standard InChI is InChI=1S/C16H24N4S/c1-6-8-17-10-13-14(16(3,4)5)20-15(21-13)12-7-9-18-11(2)19-12/h7,9,17H,6,8,10H2,1-5H3. The molecule has 21 heavy (non-hydrogen) atoms. The average Bonchev–Trinajstić information content (AvgIpc) is 2.83. The molecule has 0 fully saturated rings. The predicted octanol–water partition coefficient (Wildman–Crippen LogP) is 3.71. The van der Waals surface area contributed by atoms with Crippen LogP contribution in [0.1, 0.15) is 50.5 Å². The molecule has 0 aliphatic rings. The van der Waals surface area contributed by atoms with Gasteiger partial charge < -0.3 is 5.32 Å². The summed E-state index contributed by atoms with van der Waals surface area (Å²) in [5, 5.41) is 4.46. The van der Waals surface area contributed by atoms with Crippen LogP contribution in [0.15, 0.2) is 12.3 Å². The van der Waals surface area contributed by atoms with E-state index in [-0.39, 0.29) is 5.41 Å². The summed E-state index contributed by atoms with van der Waals surface area (Å²) >= 11 is 1.73. The third-order valence-electron chi connectivity index (χ3n) is 3.12. The second-order valence-electron chi connectivity index (χ2n) is 6.21. The van der Waals surface area contributed by atoms with Gasteiger partial charge in [-0.05, 0) is 26.0 Å². The van der Waals surface area contributed by atoms with E-state index in [1.54, 1.807) is 17.5 Å². The van der Waals surface area contributed by atoms with E-state index in [9.17, 15) is 0 Å². The summed E-state index contributed by atoms with van der Waals surface area (Å²) < 4.78 is 0. The molecule has 0 spiro atoms. The highest BCUT2D eigenvalue weighted by Gasteiger charge is 2.23. The lowest BCUT2D eigenvalue weighted by atomic mass is 9.91. The Hall–Kier alpha value is -1.33. The van der Waals surface area contributed by atoms with Crippen LogP contribution in [-0.4, -0.2) is 21.5 Å². The second kappa shape index (κ2) is 6.62. The van der Waals surface area contributed by atoms with Gasteiger partial charge in [-0.25, -0.2) is 15.0 Å². The minimum Gasteiger partial charge on any atom is -0.312 e. The van der Waals surface area contributed by atoms with E-state index in [0.717, 1.165) is 36.0 Å². The molecule has 2 heterocycles. The fourth-order valence-corrected chi connectivity index (χ4v) is 3.33. The van der Waals surface area contributed by atoms with Crippen molar-refractivity contribution in [1.29, 1.82) is 0 Å². The van der Waals surface area contributed by atoms with Crippen molar-refractivity contribution in [1.82, 2.24) is 20.3 Å². The molecule has 0 amide bonds. The van der Waals surface area contributed by atoms with E-state index in [1.165, 1.54) is 10.6 Å². The largest absolute Gasteiger partial charge is 0.312 e. The molecular formula is C16H24N4S. The summed E-state index contributed by atoms with van der Waals surface area (Å²) in [7, 11) is 0. The summed E-state index contributed by atoms with van der Waals surface area (Å²) in [6.07, 6.45) is 2.94. The van der Waals surface area contributed by atoms with Crippen molar-refractivity contribution >= 4 is 11.3 Å². The maximum absolute atomic E-state index is 4.86. The summed E-state index contributed by atoms with van der Waals surface area (Å²) in [5.41, 5.74) is 2.13. The molecule has 0 saturated carbocycles. The van der Waals surface area contributed by atoms with Crippen LogP contribution in [0.4, 0.5) is 0 Å². The molecule has 0 aliphatic carbocycles. The fourth-order valence-electron chi connectivity index (χ4n) is 2.12. The first-order valence-corrected chi connectivity index (χ1v) is 8.24. The van der Waals surface area contributed by atoms with E-state index in [4.69, 9.17) is 4.98 Å². The van der Waals surface area contributed by atoms with Crippen LogP contribution in [0, 0.1) is 6.92 Å². The van der Waals surface area contributed by atoms with Crippen LogP contribution in [0.2, 0.25) is 0 Å². The highest BCUT2D eigenvalue weighted by Crippen LogP contribution is 2.33. The van der Waals surface area contributed by atoms with Crippen LogP contribution in [-0.2, 0) is 12.0 Å². The molecule has 2 rings (SSSR count). The van der Waals surface area contributed by atoms with Gasteiger partial charge >= 0.3 is 0 Å². The van der Waals surface area contributed by atoms with Crippen LogP contribution < -0.4 is 5.32 Å². The zero-order valence-electron chi connectivity index (χ0n) is 13.5. The molecular weight excluding hydrogens is 280 g/mol. The van der Waals surface area contributed by atoms with E-state index in [0.29, 0.717) is 0 Å². The third kappa shape index (κ3) is 4.08. The lowest BCUT2D eigenvalue weighted by molar-refractivity contribution is 0.559. The van der Waals surface area contributed by atoms with Crippen LogP contribution in [0.3, 0.4) is 0 Å². The Morgan fingerprint density at radius 2 is 2.00 bits per heavy atom. The summed E-state index contributed by atoms with van der Waals surface area (Å²) in [4.78, 5) is 14.8. The van der Waals surface area contributed by atoms with Gasteiger partial charge in [0.25, 0.3) is 0 Å². The normalized spacial score (nSPS) is 11.9. The highest BCUT2D eigenvalue weighted by atomic mass is 32.1. The fraction of sp³-hybridized carbons (Fsp3) is 0.562. The van der Waals surface area contributed by atoms with E-state index < -0.39 is 0 Å². The molecule has 0 aliphatic heterocycles. The Morgan fingerprint density at radius 3 is 2.62 bits per heavy atom. The number of hydrogen-bond donors (Lipinski definition) is 1. The van der Waals surface area contributed by atoms with Crippen molar-refractivity contribution in [2.24, 2.45) is 0 Å². The Morgan fingerprint density at radius 1 is 1.24 bits per heavy atom. The molecule has 114 valence electrons. The van der Waals surface area contributed by atoms with Gasteiger partial charge in [-0.15, -0.1) is 11.3 Å². The van der Waals surface area contributed by atoms with Crippen molar-refractivity contribution in [3.8, 4) is 10.7 Å². The number of hydrogen-bond acceptors (Lipinski definition) is 5. The predicted molar refractivity (Wildman–Crippen MR) is 88.6 cm³/mol. The molecule has 0 atom stereocenters. The van der Waals surface area contributed by atoms with Crippen molar-refractivity contribution in [2.75, 3.05) is 6.54 Å². The number of rotatable bonds is 5. The van der Waals surface area contributed by atoms with Gasteiger partial charge in [-0.3, -0.25) is 0 Å². The summed E-state index contributed by atoms with van der Waals surface area (Å²) in [6.45, 7) is 12.6. The maximum atomic E-state index is 4.86. The van der Waals surface area contributed by atoms with Gasteiger partial charge in [-0.1, -0.05) is 27.7 Å². The van der Waals surface area contributed by atoms with Gasteiger partial charge in [0.1, 0.15) is 16.5 Å².